The number of carbonyl (C=O) groups excluding carboxylic acids is 1. The number of benzene rings is 1. The van der Waals surface area contributed by atoms with Crippen molar-refractivity contribution in [2.45, 2.75) is 25.8 Å². The average Bonchev–Trinajstić information content (AvgIpc) is 2.46. The van der Waals surface area contributed by atoms with Gasteiger partial charge in [0.15, 0.2) is 11.2 Å². The van der Waals surface area contributed by atoms with Gasteiger partial charge in [0, 0.05) is 18.7 Å². The number of aliphatic hydroxyl groups excluding tert-OH is 1. The van der Waals surface area contributed by atoms with E-state index >= 15 is 0 Å². The maximum absolute atomic E-state index is 12.1. The second-order valence-corrected chi connectivity index (χ2v) is 4.56. The molecule has 0 spiro atoms. The second-order valence-electron chi connectivity index (χ2n) is 4.56. The fourth-order valence-corrected chi connectivity index (χ4v) is 2.01. The van der Waals surface area contributed by atoms with E-state index in [2.05, 4.69) is 5.32 Å². The number of para-hydroxylation sites is 1. The van der Waals surface area contributed by atoms with E-state index in [1.165, 1.54) is 6.07 Å². The molecule has 0 bridgehead atoms. The van der Waals surface area contributed by atoms with Gasteiger partial charge >= 0.3 is 0 Å². The van der Waals surface area contributed by atoms with Crippen molar-refractivity contribution in [1.29, 1.82) is 0 Å². The standard InChI is InChI=1S/C15H17NO4/c1-2-10(7-8-17)16-15(19)14-9-12(18)11-5-3-4-6-13(11)20-14/h3-6,9-10,17H,2,7-8H2,1H3,(H,16,19). The Hall–Kier alpha value is -2.14. The third-order valence-electron chi connectivity index (χ3n) is 3.16. The van der Waals surface area contributed by atoms with Crippen molar-refractivity contribution >= 4 is 16.9 Å². The Morgan fingerprint density at radius 1 is 1.40 bits per heavy atom. The first kappa shape index (κ1) is 14.3. The van der Waals surface area contributed by atoms with E-state index in [1.54, 1.807) is 24.3 Å². The minimum atomic E-state index is -0.437. The van der Waals surface area contributed by atoms with E-state index in [9.17, 15) is 9.59 Å². The van der Waals surface area contributed by atoms with Crippen molar-refractivity contribution in [1.82, 2.24) is 5.32 Å². The number of nitrogens with one attached hydrogen (secondary N) is 1. The molecule has 5 heteroatoms. The minimum absolute atomic E-state index is 0.000452. The van der Waals surface area contributed by atoms with Gasteiger partial charge in [-0.05, 0) is 25.0 Å². The Morgan fingerprint density at radius 3 is 2.85 bits per heavy atom. The van der Waals surface area contributed by atoms with Crippen LogP contribution in [-0.4, -0.2) is 23.7 Å². The van der Waals surface area contributed by atoms with Crippen molar-refractivity contribution in [3.05, 3.63) is 46.3 Å². The monoisotopic (exact) mass is 275 g/mol. The molecule has 1 aromatic heterocycles. The molecule has 1 aromatic carbocycles. The normalized spacial score (nSPS) is 12.3. The summed E-state index contributed by atoms with van der Waals surface area (Å²) in [6.07, 6.45) is 1.17. The lowest BCUT2D eigenvalue weighted by Crippen LogP contribution is -2.35. The minimum Gasteiger partial charge on any atom is -0.451 e. The van der Waals surface area contributed by atoms with Gasteiger partial charge in [0.25, 0.3) is 5.91 Å². The van der Waals surface area contributed by atoms with Crippen LogP contribution in [0.25, 0.3) is 11.0 Å². The first-order valence-electron chi connectivity index (χ1n) is 6.60. The third kappa shape index (κ3) is 3.05. The molecule has 2 N–H and O–H groups in total. The van der Waals surface area contributed by atoms with Crippen molar-refractivity contribution in [2.75, 3.05) is 6.61 Å². The third-order valence-corrected chi connectivity index (χ3v) is 3.16. The zero-order valence-electron chi connectivity index (χ0n) is 11.3. The molecular weight excluding hydrogens is 258 g/mol. The number of hydrogen-bond acceptors (Lipinski definition) is 4. The Bertz CT molecular complexity index is 662. The van der Waals surface area contributed by atoms with Gasteiger partial charge in [-0.2, -0.15) is 0 Å². The zero-order valence-corrected chi connectivity index (χ0v) is 11.3. The van der Waals surface area contributed by atoms with Crippen LogP contribution in [0, 0.1) is 0 Å². The summed E-state index contributed by atoms with van der Waals surface area (Å²) in [4.78, 5) is 24.0. The number of aliphatic hydroxyl groups is 1. The number of amides is 1. The van der Waals surface area contributed by atoms with Crippen LogP contribution in [0.15, 0.2) is 39.5 Å². The van der Waals surface area contributed by atoms with Crippen molar-refractivity contribution in [3.8, 4) is 0 Å². The summed E-state index contributed by atoms with van der Waals surface area (Å²) in [6.45, 7) is 1.91. The Morgan fingerprint density at radius 2 is 2.15 bits per heavy atom. The van der Waals surface area contributed by atoms with Crippen molar-refractivity contribution in [2.24, 2.45) is 0 Å². The van der Waals surface area contributed by atoms with E-state index in [1.807, 2.05) is 6.92 Å². The predicted molar refractivity (Wildman–Crippen MR) is 75.7 cm³/mol. The molecule has 0 aliphatic rings. The maximum Gasteiger partial charge on any atom is 0.287 e. The molecule has 0 radical (unpaired) electrons. The molecule has 20 heavy (non-hydrogen) atoms. The largest absolute Gasteiger partial charge is 0.451 e. The van der Waals surface area contributed by atoms with Gasteiger partial charge in [-0.3, -0.25) is 9.59 Å². The van der Waals surface area contributed by atoms with Crippen molar-refractivity contribution in [3.63, 3.8) is 0 Å². The lowest BCUT2D eigenvalue weighted by atomic mass is 10.1. The number of rotatable bonds is 5. The number of hydrogen-bond donors (Lipinski definition) is 2. The van der Waals surface area contributed by atoms with Crippen molar-refractivity contribution < 1.29 is 14.3 Å². The Labute approximate surface area is 116 Å². The summed E-state index contributed by atoms with van der Waals surface area (Å²) in [5, 5.41) is 12.1. The summed E-state index contributed by atoms with van der Waals surface area (Å²) >= 11 is 0. The second kappa shape index (κ2) is 6.34. The molecule has 1 heterocycles. The van der Waals surface area contributed by atoms with Crippen LogP contribution in [0.1, 0.15) is 30.3 Å². The van der Waals surface area contributed by atoms with Crippen LogP contribution in [0.3, 0.4) is 0 Å². The lowest BCUT2D eigenvalue weighted by Gasteiger charge is -2.15. The molecule has 0 saturated carbocycles. The van der Waals surface area contributed by atoms with E-state index in [0.717, 1.165) is 0 Å². The van der Waals surface area contributed by atoms with E-state index in [0.29, 0.717) is 23.8 Å². The van der Waals surface area contributed by atoms with Gasteiger partial charge in [-0.15, -0.1) is 0 Å². The van der Waals surface area contributed by atoms with Crippen LogP contribution >= 0.6 is 0 Å². The Kier molecular flexibility index (Phi) is 4.53. The smallest absolute Gasteiger partial charge is 0.287 e. The zero-order chi connectivity index (χ0) is 14.5. The van der Waals surface area contributed by atoms with Crippen LogP contribution < -0.4 is 10.7 Å². The van der Waals surface area contributed by atoms with Gasteiger partial charge < -0.3 is 14.8 Å². The molecule has 2 rings (SSSR count). The molecule has 0 aliphatic carbocycles. The van der Waals surface area contributed by atoms with E-state index in [4.69, 9.17) is 9.52 Å². The van der Waals surface area contributed by atoms with Crippen LogP contribution in [-0.2, 0) is 0 Å². The lowest BCUT2D eigenvalue weighted by molar-refractivity contribution is 0.0901. The SMILES string of the molecule is CCC(CCO)NC(=O)c1cc(=O)c2ccccc2o1. The highest BCUT2D eigenvalue weighted by Gasteiger charge is 2.15. The van der Waals surface area contributed by atoms with Gasteiger partial charge in [-0.25, -0.2) is 0 Å². The quantitative estimate of drug-likeness (QED) is 0.870. The molecule has 106 valence electrons. The maximum atomic E-state index is 12.1. The molecule has 1 atom stereocenters. The molecule has 1 unspecified atom stereocenters. The summed E-state index contributed by atoms with van der Waals surface area (Å²) in [6, 6.07) is 7.86. The molecule has 1 amide bonds. The topological polar surface area (TPSA) is 79.5 Å². The first-order chi connectivity index (χ1) is 9.65. The molecule has 0 saturated heterocycles. The first-order valence-corrected chi connectivity index (χ1v) is 6.60. The Balaban J connectivity index is 2.28. The van der Waals surface area contributed by atoms with Crippen LogP contribution in [0.4, 0.5) is 0 Å². The predicted octanol–water partition coefficient (Wildman–Crippen LogP) is 1.68. The highest BCUT2D eigenvalue weighted by Crippen LogP contribution is 2.12. The summed E-state index contributed by atoms with van der Waals surface area (Å²) in [7, 11) is 0. The van der Waals surface area contributed by atoms with Gasteiger partial charge in [0.05, 0.1) is 5.39 Å². The summed E-state index contributed by atoms with van der Waals surface area (Å²) < 4.78 is 5.45. The van der Waals surface area contributed by atoms with Gasteiger partial charge in [-0.1, -0.05) is 19.1 Å². The number of carbonyl (C=O) groups is 1. The fourth-order valence-electron chi connectivity index (χ4n) is 2.01. The molecular formula is C15H17NO4. The summed E-state index contributed by atoms with van der Waals surface area (Å²) in [5.41, 5.74) is 0.146. The average molecular weight is 275 g/mol. The number of fused-ring (bicyclic) bond motifs is 1. The highest BCUT2D eigenvalue weighted by molar-refractivity contribution is 5.93. The molecule has 2 aromatic rings. The van der Waals surface area contributed by atoms with Crippen LogP contribution in [0.2, 0.25) is 0 Å². The van der Waals surface area contributed by atoms with E-state index in [-0.39, 0.29) is 23.8 Å². The highest BCUT2D eigenvalue weighted by atomic mass is 16.3. The molecule has 5 nitrogen and oxygen atoms in total. The summed E-state index contributed by atoms with van der Waals surface area (Å²) in [5.74, 6) is -0.446. The van der Waals surface area contributed by atoms with Gasteiger partial charge in [0.2, 0.25) is 0 Å². The van der Waals surface area contributed by atoms with Gasteiger partial charge in [0.1, 0.15) is 5.58 Å². The molecule has 0 aliphatic heterocycles. The van der Waals surface area contributed by atoms with Crippen LogP contribution in [0.5, 0.6) is 0 Å². The molecule has 0 fully saturated rings. The van der Waals surface area contributed by atoms with E-state index < -0.39 is 5.91 Å². The fraction of sp³-hybridized carbons (Fsp3) is 0.333.